The molecule has 4 heteroatoms. The first-order valence-electron chi connectivity index (χ1n) is 8.80. The third-order valence-corrected chi connectivity index (χ3v) is 5.93. The summed E-state index contributed by atoms with van der Waals surface area (Å²) in [4.78, 5) is 12.1. The quantitative estimate of drug-likeness (QED) is 0.747. The maximum Gasteiger partial charge on any atom is 0.309 e. The first-order valence-corrected chi connectivity index (χ1v) is 9.59. The van der Waals surface area contributed by atoms with Crippen LogP contribution in [0, 0.1) is 5.41 Å². The van der Waals surface area contributed by atoms with Gasteiger partial charge in [-0.3, -0.25) is 4.79 Å². The zero-order chi connectivity index (χ0) is 17.6. The molecule has 0 aliphatic heterocycles. The number of hydrogen-bond donors (Lipinski definition) is 1. The Bertz CT molecular complexity index is 637. The van der Waals surface area contributed by atoms with E-state index in [1.165, 1.54) is 11.1 Å². The molecule has 1 aromatic carbocycles. The minimum Gasteiger partial charge on any atom is -0.460 e. The molecule has 0 unspecified atom stereocenters. The monoisotopic (exact) mass is 394 g/mol. The highest BCUT2D eigenvalue weighted by atomic mass is 79.9. The predicted octanol–water partition coefficient (Wildman–Crippen LogP) is 4.57. The van der Waals surface area contributed by atoms with Gasteiger partial charge in [-0.05, 0) is 88.0 Å². The highest BCUT2D eigenvalue weighted by Crippen LogP contribution is 2.50. The molecule has 0 radical (unpaired) electrons. The normalized spacial score (nSPS) is 29.5. The molecule has 1 aromatic rings. The van der Waals surface area contributed by atoms with Gasteiger partial charge in [0.25, 0.3) is 0 Å². The van der Waals surface area contributed by atoms with Gasteiger partial charge in [0.05, 0.1) is 12.0 Å². The van der Waals surface area contributed by atoms with Crippen LogP contribution in [0.4, 0.5) is 0 Å². The van der Waals surface area contributed by atoms with E-state index in [2.05, 4.69) is 34.1 Å². The van der Waals surface area contributed by atoms with Crippen LogP contribution in [0.3, 0.4) is 0 Å². The Morgan fingerprint density at radius 3 is 2.42 bits per heavy atom. The molecule has 1 N–H and O–H groups in total. The summed E-state index contributed by atoms with van der Waals surface area (Å²) in [6.45, 7) is 5.58. The van der Waals surface area contributed by atoms with Gasteiger partial charge in [-0.1, -0.05) is 22.0 Å². The van der Waals surface area contributed by atoms with Gasteiger partial charge in [-0.2, -0.15) is 0 Å². The first kappa shape index (κ1) is 17.9. The van der Waals surface area contributed by atoms with Crippen molar-refractivity contribution in [3.8, 4) is 0 Å². The molecule has 1 spiro atoms. The van der Waals surface area contributed by atoms with E-state index in [0.717, 1.165) is 30.2 Å². The van der Waals surface area contributed by atoms with Gasteiger partial charge in [-0.25, -0.2) is 0 Å². The number of benzene rings is 1. The van der Waals surface area contributed by atoms with Crippen molar-refractivity contribution in [1.82, 2.24) is 0 Å². The zero-order valence-electron chi connectivity index (χ0n) is 14.8. The molecule has 0 heterocycles. The van der Waals surface area contributed by atoms with Gasteiger partial charge in [0.15, 0.2) is 0 Å². The summed E-state index contributed by atoms with van der Waals surface area (Å²) in [6.07, 6.45) is 5.60. The fraction of sp³-hybridized carbons (Fsp3) is 0.650. The van der Waals surface area contributed by atoms with Gasteiger partial charge in [0.1, 0.15) is 5.60 Å². The lowest BCUT2D eigenvalue weighted by Crippen LogP contribution is -2.42. The molecule has 2 aliphatic carbocycles. The number of esters is 1. The second-order valence-corrected chi connectivity index (χ2v) is 9.67. The minimum absolute atomic E-state index is 0.110. The van der Waals surface area contributed by atoms with E-state index in [9.17, 15) is 9.90 Å². The Morgan fingerprint density at radius 1 is 1.17 bits per heavy atom. The highest BCUT2D eigenvalue weighted by molar-refractivity contribution is 9.10. The lowest BCUT2D eigenvalue weighted by molar-refractivity contribution is -0.162. The number of carbonyl (C=O) groups excluding carboxylic acids is 1. The summed E-state index contributed by atoms with van der Waals surface area (Å²) in [6, 6.07) is 6.56. The number of ether oxygens (including phenoxy) is 1. The molecule has 0 aromatic heterocycles. The van der Waals surface area contributed by atoms with Crippen molar-refractivity contribution >= 4 is 21.9 Å². The molecule has 3 nitrogen and oxygen atoms in total. The summed E-state index contributed by atoms with van der Waals surface area (Å²) in [7, 11) is 0. The van der Waals surface area contributed by atoms with Crippen LogP contribution in [0.25, 0.3) is 0 Å². The van der Waals surface area contributed by atoms with Crippen LogP contribution in [0.2, 0.25) is 0 Å². The topological polar surface area (TPSA) is 46.5 Å². The average molecular weight is 395 g/mol. The molecule has 0 saturated heterocycles. The third kappa shape index (κ3) is 4.02. The Hall–Kier alpha value is -0.870. The van der Waals surface area contributed by atoms with Crippen LogP contribution in [0.1, 0.15) is 64.0 Å². The maximum absolute atomic E-state index is 12.1. The van der Waals surface area contributed by atoms with Crippen LogP contribution in [-0.2, 0) is 22.4 Å². The van der Waals surface area contributed by atoms with Crippen molar-refractivity contribution in [2.75, 3.05) is 0 Å². The van der Waals surface area contributed by atoms with Gasteiger partial charge in [0.2, 0.25) is 0 Å². The Morgan fingerprint density at radius 2 is 1.79 bits per heavy atom. The summed E-state index contributed by atoms with van der Waals surface area (Å²) < 4.78 is 6.52. The zero-order valence-corrected chi connectivity index (χ0v) is 16.4. The van der Waals surface area contributed by atoms with E-state index < -0.39 is 11.2 Å². The van der Waals surface area contributed by atoms with Gasteiger partial charge in [0, 0.05) is 4.47 Å². The van der Waals surface area contributed by atoms with E-state index >= 15 is 0 Å². The number of fused-ring (bicyclic) bond motifs is 1. The summed E-state index contributed by atoms with van der Waals surface area (Å²) in [5, 5.41) is 10.8. The van der Waals surface area contributed by atoms with Crippen LogP contribution in [-0.4, -0.2) is 22.3 Å². The maximum atomic E-state index is 12.1. The molecule has 132 valence electrons. The first-order chi connectivity index (χ1) is 11.1. The number of halogens is 1. The molecule has 24 heavy (non-hydrogen) atoms. The predicted molar refractivity (Wildman–Crippen MR) is 97.9 cm³/mol. The lowest BCUT2D eigenvalue weighted by atomic mass is 9.66. The molecular weight excluding hydrogens is 368 g/mol. The van der Waals surface area contributed by atoms with E-state index in [1.54, 1.807) is 0 Å². The number of hydrogen-bond acceptors (Lipinski definition) is 3. The van der Waals surface area contributed by atoms with Crippen LogP contribution in [0.15, 0.2) is 22.7 Å². The number of aliphatic hydroxyl groups is 1. The molecule has 0 atom stereocenters. The highest BCUT2D eigenvalue weighted by Gasteiger charge is 2.45. The fourth-order valence-electron chi connectivity index (χ4n) is 4.22. The van der Waals surface area contributed by atoms with E-state index in [4.69, 9.17) is 4.74 Å². The Balaban J connectivity index is 1.61. The smallest absolute Gasteiger partial charge is 0.309 e. The molecule has 2 aliphatic rings. The van der Waals surface area contributed by atoms with Gasteiger partial charge in [-0.15, -0.1) is 0 Å². The third-order valence-electron chi connectivity index (χ3n) is 5.43. The van der Waals surface area contributed by atoms with E-state index in [0.29, 0.717) is 12.8 Å². The van der Waals surface area contributed by atoms with Crippen molar-refractivity contribution in [2.45, 2.75) is 76.9 Å². The van der Waals surface area contributed by atoms with Crippen LogP contribution < -0.4 is 0 Å². The van der Waals surface area contributed by atoms with Crippen molar-refractivity contribution < 1.29 is 14.6 Å². The van der Waals surface area contributed by atoms with E-state index in [1.807, 2.05) is 20.8 Å². The molecule has 3 rings (SSSR count). The van der Waals surface area contributed by atoms with Crippen molar-refractivity contribution in [3.05, 3.63) is 33.8 Å². The van der Waals surface area contributed by atoms with Crippen LogP contribution >= 0.6 is 15.9 Å². The molecular formula is C20H27BrO3. The average Bonchev–Trinajstić information content (AvgIpc) is 2.78. The number of rotatable bonds is 2. The fourth-order valence-corrected chi connectivity index (χ4v) is 4.63. The summed E-state index contributed by atoms with van der Waals surface area (Å²) in [5.74, 6) is -0.292. The molecule has 1 saturated carbocycles. The molecule has 1 fully saturated rings. The lowest BCUT2D eigenvalue weighted by Gasteiger charge is -2.42. The van der Waals surface area contributed by atoms with Crippen molar-refractivity contribution in [3.63, 3.8) is 0 Å². The Labute approximate surface area is 152 Å². The molecule has 0 bridgehead atoms. The second kappa shape index (κ2) is 6.14. The Kier molecular flexibility index (Phi) is 4.59. The van der Waals surface area contributed by atoms with Crippen molar-refractivity contribution in [2.24, 2.45) is 5.41 Å². The van der Waals surface area contributed by atoms with Crippen molar-refractivity contribution in [1.29, 1.82) is 0 Å². The molecule has 0 amide bonds. The van der Waals surface area contributed by atoms with E-state index in [-0.39, 0.29) is 17.8 Å². The summed E-state index contributed by atoms with van der Waals surface area (Å²) in [5.41, 5.74) is 1.74. The largest absolute Gasteiger partial charge is 0.460 e. The number of carbonyl (C=O) groups is 1. The second-order valence-electron chi connectivity index (χ2n) is 8.75. The SMILES string of the molecule is CC(C)(C)OC(=O)CC1(O)CCC2(CC1)Cc1ccc(Br)cc1C2. The van der Waals surface area contributed by atoms with Gasteiger partial charge < -0.3 is 9.84 Å². The minimum atomic E-state index is -0.900. The standard InChI is InChI=1S/C20H27BrO3/c1-18(2,3)24-17(22)13-20(23)8-6-19(7-9-20)11-14-4-5-16(21)10-15(14)12-19/h4-5,10,23H,6-9,11-13H2,1-3H3. The van der Waals surface area contributed by atoms with Crippen LogP contribution in [0.5, 0.6) is 0 Å². The summed E-state index contributed by atoms with van der Waals surface area (Å²) >= 11 is 3.55. The van der Waals surface area contributed by atoms with Gasteiger partial charge >= 0.3 is 5.97 Å².